The molecule has 0 aliphatic carbocycles. The Balaban J connectivity index is 1.61. The van der Waals surface area contributed by atoms with Gasteiger partial charge in [0.15, 0.2) is 0 Å². The number of hydrogen-bond acceptors (Lipinski definition) is 6. The van der Waals surface area contributed by atoms with Crippen LogP contribution in [0, 0.1) is 0 Å². The monoisotopic (exact) mass is 452 g/mol. The first-order valence-electron chi connectivity index (χ1n) is 9.28. The number of hydrogen-bond donors (Lipinski definition) is 1. The third-order valence-electron chi connectivity index (χ3n) is 5.20. The molecule has 0 spiro atoms. The normalized spacial score (nSPS) is 17.7. The lowest BCUT2D eigenvalue weighted by molar-refractivity contribution is 0.0696. The van der Waals surface area contributed by atoms with Crippen LogP contribution in [0.4, 0.5) is 5.69 Å². The summed E-state index contributed by atoms with van der Waals surface area (Å²) >= 11 is 0. The van der Waals surface area contributed by atoms with E-state index in [1.165, 1.54) is 51.1 Å². The summed E-state index contributed by atoms with van der Waals surface area (Å²) in [5, 5.41) is 9.11. The first-order chi connectivity index (χ1) is 14.2. The van der Waals surface area contributed by atoms with Crippen LogP contribution in [-0.2, 0) is 31.2 Å². The average molecular weight is 453 g/mol. The Morgan fingerprint density at radius 3 is 2.07 bits per heavy atom. The molecule has 11 heteroatoms. The SMILES string of the molecule is O=C(O)c1ccc2c(c1)CCN2S(=O)(=O)c1ccc(S(=O)(=O)N2CCOCC2)cc1. The molecule has 1 N–H and O–H groups in total. The number of sulfonamides is 2. The first kappa shape index (κ1) is 20.8. The number of rotatable bonds is 5. The topological polar surface area (TPSA) is 121 Å². The predicted octanol–water partition coefficient (Wildman–Crippen LogP) is 1.16. The molecular weight excluding hydrogens is 432 g/mol. The number of nitrogens with zero attached hydrogens (tertiary/aromatic N) is 2. The first-order valence-corrected chi connectivity index (χ1v) is 12.2. The zero-order valence-corrected chi connectivity index (χ0v) is 17.5. The van der Waals surface area contributed by atoms with Gasteiger partial charge in [0.2, 0.25) is 10.0 Å². The van der Waals surface area contributed by atoms with Crippen LogP contribution in [0.15, 0.2) is 52.3 Å². The number of aromatic carboxylic acids is 1. The highest BCUT2D eigenvalue weighted by atomic mass is 32.2. The standard InChI is InChI=1S/C19H20N2O7S2/c22-19(23)15-1-6-18-14(13-15)7-8-21(18)30(26,27)17-4-2-16(3-5-17)29(24,25)20-9-11-28-12-10-20/h1-6,13H,7-12H2,(H,22,23). The number of anilines is 1. The molecule has 0 saturated carbocycles. The van der Waals surface area contributed by atoms with E-state index < -0.39 is 26.0 Å². The second-order valence-corrected chi connectivity index (χ2v) is 10.8. The van der Waals surface area contributed by atoms with Crippen molar-refractivity contribution >= 4 is 31.7 Å². The third-order valence-corrected chi connectivity index (χ3v) is 8.94. The molecule has 0 amide bonds. The number of ether oxygens (including phenoxy) is 1. The van der Waals surface area contributed by atoms with Crippen LogP contribution in [0.1, 0.15) is 15.9 Å². The molecule has 2 aliphatic rings. The minimum absolute atomic E-state index is 0.0243. The van der Waals surface area contributed by atoms with E-state index in [2.05, 4.69) is 0 Å². The Kier molecular flexibility index (Phi) is 5.30. The van der Waals surface area contributed by atoms with Gasteiger partial charge in [0, 0.05) is 19.6 Å². The zero-order valence-electron chi connectivity index (χ0n) is 15.9. The van der Waals surface area contributed by atoms with Crippen molar-refractivity contribution in [3.63, 3.8) is 0 Å². The molecule has 0 radical (unpaired) electrons. The molecule has 2 aromatic carbocycles. The molecule has 160 valence electrons. The second-order valence-electron chi connectivity index (χ2n) is 6.96. The molecule has 2 heterocycles. The molecule has 2 aliphatic heterocycles. The highest BCUT2D eigenvalue weighted by Gasteiger charge is 2.32. The van der Waals surface area contributed by atoms with Crippen molar-refractivity contribution in [1.82, 2.24) is 4.31 Å². The van der Waals surface area contributed by atoms with E-state index in [9.17, 15) is 21.6 Å². The number of carboxylic acids is 1. The molecular formula is C19H20N2O7S2. The van der Waals surface area contributed by atoms with Crippen molar-refractivity contribution in [3.05, 3.63) is 53.6 Å². The van der Waals surface area contributed by atoms with Gasteiger partial charge in [0.1, 0.15) is 0 Å². The molecule has 4 rings (SSSR count). The minimum Gasteiger partial charge on any atom is -0.478 e. The van der Waals surface area contributed by atoms with Crippen LogP contribution in [0.3, 0.4) is 0 Å². The van der Waals surface area contributed by atoms with Crippen molar-refractivity contribution in [2.24, 2.45) is 0 Å². The molecule has 0 atom stereocenters. The third kappa shape index (κ3) is 3.58. The van der Waals surface area contributed by atoms with E-state index in [-0.39, 0.29) is 35.0 Å². The van der Waals surface area contributed by atoms with Gasteiger partial charge in [0.25, 0.3) is 10.0 Å². The van der Waals surface area contributed by atoms with E-state index in [1.807, 2.05) is 0 Å². The van der Waals surface area contributed by atoms with E-state index in [4.69, 9.17) is 9.84 Å². The average Bonchev–Trinajstić information content (AvgIpc) is 3.18. The van der Waals surface area contributed by atoms with Gasteiger partial charge in [-0.15, -0.1) is 0 Å². The Morgan fingerprint density at radius 1 is 0.867 bits per heavy atom. The summed E-state index contributed by atoms with van der Waals surface area (Å²) in [6, 6.07) is 9.49. The summed E-state index contributed by atoms with van der Waals surface area (Å²) in [6.45, 7) is 1.35. The molecule has 0 unspecified atom stereocenters. The van der Waals surface area contributed by atoms with E-state index in [0.717, 1.165) is 0 Å². The summed E-state index contributed by atoms with van der Waals surface area (Å²) in [6.07, 6.45) is 0.402. The predicted molar refractivity (Wildman–Crippen MR) is 108 cm³/mol. The maximum atomic E-state index is 13.1. The van der Waals surface area contributed by atoms with Crippen LogP contribution >= 0.6 is 0 Å². The lowest BCUT2D eigenvalue weighted by Gasteiger charge is -2.26. The van der Waals surface area contributed by atoms with E-state index >= 15 is 0 Å². The van der Waals surface area contributed by atoms with Crippen molar-refractivity contribution < 1.29 is 31.5 Å². The summed E-state index contributed by atoms with van der Waals surface area (Å²) in [4.78, 5) is 11.1. The Bertz CT molecular complexity index is 1190. The number of carbonyl (C=O) groups is 1. The van der Waals surface area contributed by atoms with Gasteiger partial charge >= 0.3 is 5.97 Å². The van der Waals surface area contributed by atoms with Gasteiger partial charge in [-0.3, -0.25) is 4.31 Å². The maximum absolute atomic E-state index is 13.1. The fraction of sp³-hybridized carbons (Fsp3) is 0.316. The highest BCUT2D eigenvalue weighted by Crippen LogP contribution is 2.34. The lowest BCUT2D eigenvalue weighted by atomic mass is 10.1. The number of carboxylic acid groups (broad SMARTS) is 1. The number of fused-ring (bicyclic) bond motifs is 1. The summed E-state index contributed by atoms with van der Waals surface area (Å²) < 4.78 is 59.4. The summed E-state index contributed by atoms with van der Waals surface area (Å²) in [5.41, 5.74) is 1.18. The lowest BCUT2D eigenvalue weighted by Crippen LogP contribution is -2.40. The molecule has 30 heavy (non-hydrogen) atoms. The fourth-order valence-corrected chi connectivity index (χ4v) is 6.51. The van der Waals surface area contributed by atoms with Gasteiger partial charge in [-0.05, 0) is 54.4 Å². The zero-order chi connectivity index (χ0) is 21.5. The molecule has 9 nitrogen and oxygen atoms in total. The molecule has 0 bridgehead atoms. The molecule has 1 fully saturated rings. The minimum atomic E-state index is -3.91. The van der Waals surface area contributed by atoms with Crippen LogP contribution in [0.5, 0.6) is 0 Å². The summed E-state index contributed by atoms with van der Waals surface area (Å²) in [7, 11) is -7.63. The Morgan fingerprint density at radius 2 is 1.47 bits per heavy atom. The highest BCUT2D eigenvalue weighted by molar-refractivity contribution is 7.93. The van der Waals surface area contributed by atoms with Gasteiger partial charge < -0.3 is 9.84 Å². The molecule has 2 aromatic rings. The van der Waals surface area contributed by atoms with Crippen LogP contribution in [0.25, 0.3) is 0 Å². The van der Waals surface area contributed by atoms with Crippen molar-refractivity contribution in [2.45, 2.75) is 16.2 Å². The van der Waals surface area contributed by atoms with Crippen molar-refractivity contribution in [1.29, 1.82) is 0 Å². The van der Waals surface area contributed by atoms with E-state index in [0.29, 0.717) is 30.9 Å². The summed E-state index contributed by atoms with van der Waals surface area (Å²) in [5.74, 6) is -1.07. The Hall–Kier alpha value is -2.47. The van der Waals surface area contributed by atoms with Crippen LogP contribution in [0.2, 0.25) is 0 Å². The van der Waals surface area contributed by atoms with Crippen LogP contribution < -0.4 is 4.31 Å². The molecule has 0 aromatic heterocycles. The van der Waals surface area contributed by atoms with Gasteiger partial charge in [0.05, 0.1) is 34.3 Å². The Labute approximate surface area is 174 Å². The second kappa shape index (κ2) is 7.65. The van der Waals surface area contributed by atoms with Gasteiger partial charge in [-0.2, -0.15) is 4.31 Å². The van der Waals surface area contributed by atoms with Gasteiger partial charge in [-0.1, -0.05) is 0 Å². The quantitative estimate of drug-likeness (QED) is 0.722. The van der Waals surface area contributed by atoms with E-state index in [1.54, 1.807) is 0 Å². The maximum Gasteiger partial charge on any atom is 0.335 e. The number of morpholine rings is 1. The fourth-order valence-electron chi connectivity index (χ4n) is 3.60. The largest absolute Gasteiger partial charge is 0.478 e. The van der Waals surface area contributed by atoms with Gasteiger partial charge in [-0.25, -0.2) is 21.6 Å². The van der Waals surface area contributed by atoms with Crippen molar-refractivity contribution in [2.75, 3.05) is 37.2 Å². The smallest absolute Gasteiger partial charge is 0.335 e. The molecule has 1 saturated heterocycles. The number of benzene rings is 2. The van der Waals surface area contributed by atoms with Crippen LogP contribution in [-0.4, -0.2) is 65.1 Å². The van der Waals surface area contributed by atoms with Crippen molar-refractivity contribution in [3.8, 4) is 0 Å².